The number of Topliss-reactive ketones (excluding diaryl/α,β-unsaturated/α-hetero) is 1. The summed E-state index contributed by atoms with van der Waals surface area (Å²) in [6.07, 6.45) is 3.23. The lowest BCUT2D eigenvalue weighted by Crippen LogP contribution is -2.11. The predicted molar refractivity (Wildman–Crippen MR) is 94.6 cm³/mol. The fraction of sp³-hybridized carbons (Fsp3) is 0.200. The molecule has 118 valence electrons. The van der Waals surface area contributed by atoms with Gasteiger partial charge >= 0.3 is 0 Å². The maximum atomic E-state index is 12.0. The Kier molecular flexibility index (Phi) is 5.47. The van der Waals surface area contributed by atoms with E-state index in [2.05, 4.69) is 31.3 Å². The Bertz CT molecular complexity index is 728. The van der Waals surface area contributed by atoms with Gasteiger partial charge in [0, 0.05) is 11.6 Å². The molecule has 0 atom stereocenters. The van der Waals surface area contributed by atoms with Gasteiger partial charge in [-0.25, -0.2) is 0 Å². The Labute approximate surface area is 137 Å². The highest BCUT2D eigenvalue weighted by Gasteiger charge is 2.07. The first kappa shape index (κ1) is 16.7. The van der Waals surface area contributed by atoms with E-state index >= 15 is 0 Å². The molecule has 0 heterocycles. The van der Waals surface area contributed by atoms with E-state index in [1.807, 2.05) is 12.1 Å². The van der Waals surface area contributed by atoms with Gasteiger partial charge in [0.2, 0.25) is 5.91 Å². The van der Waals surface area contributed by atoms with Crippen LogP contribution in [0.2, 0.25) is 0 Å². The third kappa shape index (κ3) is 4.65. The van der Waals surface area contributed by atoms with E-state index in [4.69, 9.17) is 0 Å². The van der Waals surface area contributed by atoms with E-state index in [0.29, 0.717) is 17.2 Å². The number of amides is 1. The summed E-state index contributed by atoms with van der Waals surface area (Å²) in [7, 11) is 0. The summed E-state index contributed by atoms with van der Waals surface area (Å²) in [6, 6.07) is 15.1. The van der Waals surface area contributed by atoms with Crippen LogP contribution in [0.5, 0.6) is 0 Å². The van der Waals surface area contributed by atoms with Crippen molar-refractivity contribution in [2.24, 2.45) is 0 Å². The molecule has 2 aromatic rings. The molecule has 3 nitrogen and oxygen atoms in total. The predicted octanol–water partition coefficient (Wildman–Crippen LogP) is 4.66. The Balaban J connectivity index is 2.06. The molecule has 0 radical (unpaired) electrons. The Morgan fingerprint density at radius 2 is 1.65 bits per heavy atom. The Morgan fingerprint density at radius 3 is 2.26 bits per heavy atom. The molecule has 2 rings (SSSR count). The number of benzene rings is 2. The van der Waals surface area contributed by atoms with Crippen LogP contribution >= 0.6 is 0 Å². The molecule has 0 fully saturated rings. The molecule has 0 aliphatic rings. The van der Waals surface area contributed by atoms with Crippen molar-refractivity contribution in [2.75, 3.05) is 5.32 Å². The largest absolute Gasteiger partial charge is 0.322 e. The molecule has 3 heteroatoms. The van der Waals surface area contributed by atoms with Crippen LogP contribution in [-0.2, 0) is 4.79 Å². The van der Waals surface area contributed by atoms with Crippen LogP contribution in [0.3, 0.4) is 0 Å². The monoisotopic (exact) mass is 307 g/mol. The van der Waals surface area contributed by atoms with Gasteiger partial charge in [-0.05, 0) is 42.2 Å². The van der Waals surface area contributed by atoms with Crippen LogP contribution in [0.15, 0.2) is 54.6 Å². The van der Waals surface area contributed by atoms with Gasteiger partial charge in [-0.1, -0.05) is 50.2 Å². The Morgan fingerprint density at radius 1 is 1.00 bits per heavy atom. The van der Waals surface area contributed by atoms with E-state index in [-0.39, 0.29) is 11.7 Å². The average molecular weight is 307 g/mol. The number of carbonyl (C=O) groups excluding carboxylic acids is 2. The summed E-state index contributed by atoms with van der Waals surface area (Å²) >= 11 is 0. The van der Waals surface area contributed by atoms with Crippen molar-refractivity contribution in [1.82, 2.24) is 0 Å². The van der Waals surface area contributed by atoms with Gasteiger partial charge in [-0.15, -0.1) is 0 Å². The summed E-state index contributed by atoms with van der Waals surface area (Å²) in [6.45, 7) is 5.77. The molecule has 1 N–H and O–H groups in total. The van der Waals surface area contributed by atoms with Crippen LogP contribution in [0.4, 0.5) is 5.69 Å². The van der Waals surface area contributed by atoms with Crippen LogP contribution in [-0.4, -0.2) is 11.7 Å². The topological polar surface area (TPSA) is 46.2 Å². The van der Waals surface area contributed by atoms with Crippen molar-refractivity contribution < 1.29 is 9.59 Å². The molecular weight excluding hydrogens is 286 g/mol. The highest BCUT2D eigenvalue weighted by atomic mass is 16.1. The second kappa shape index (κ2) is 7.54. The molecule has 23 heavy (non-hydrogen) atoms. The standard InChI is InChI=1S/C20H21NO2/c1-14(2)17-11-8-16(9-12-17)10-13-20(23)21-19-7-5-4-6-18(19)15(3)22/h4-14H,1-3H3,(H,21,23)/b13-10+. The molecule has 0 unspecified atom stereocenters. The maximum Gasteiger partial charge on any atom is 0.248 e. The molecular formula is C20H21NO2. The molecule has 0 bridgehead atoms. The van der Waals surface area contributed by atoms with Crippen LogP contribution < -0.4 is 5.32 Å². The number of para-hydroxylation sites is 1. The number of nitrogens with one attached hydrogen (secondary N) is 1. The molecule has 0 aromatic heterocycles. The van der Waals surface area contributed by atoms with Gasteiger partial charge in [0.1, 0.15) is 0 Å². The third-order valence-electron chi connectivity index (χ3n) is 3.59. The van der Waals surface area contributed by atoms with E-state index in [0.717, 1.165) is 5.56 Å². The number of hydrogen-bond acceptors (Lipinski definition) is 2. The van der Waals surface area contributed by atoms with Crippen molar-refractivity contribution in [1.29, 1.82) is 0 Å². The quantitative estimate of drug-likeness (QED) is 0.645. The van der Waals surface area contributed by atoms with E-state index in [1.54, 1.807) is 30.3 Å². The van der Waals surface area contributed by atoms with Gasteiger partial charge in [0.05, 0.1) is 5.69 Å². The molecule has 0 aliphatic carbocycles. The molecule has 0 spiro atoms. The first-order chi connectivity index (χ1) is 11.0. The van der Waals surface area contributed by atoms with Gasteiger partial charge in [-0.3, -0.25) is 9.59 Å². The molecule has 0 aliphatic heterocycles. The molecule has 1 amide bonds. The molecule has 0 saturated carbocycles. The lowest BCUT2D eigenvalue weighted by atomic mass is 10.0. The lowest BCUT2D eigenvalue weighted by molar-refractivity contribution is -0.111. The third-order valence-corrected chi connectivity index (χ3v) is 3.59. The summed E-state index contributed by atoms with van der Waals surface area (Å²) < 4.78 is 0. The summed E-state index contributed by atoms with van der Waals surface area (Å²) in [5, 5.41) is 2.75. The number of rotatable bonds is 5. The first-order valence-electron chi connectivity index (χ1n) is 7.66. The van der Waals surface area contributed by atoms with E-state index in [9.17, 15) is 9.59 Å². The minimum absolute atomic E-state index is 0.0749. The smallest absolute Gasteiger partial charge is 0.248 e. The number of anilines is 1. The normalized spacial score (nSPS) is 11.0. The van der Waals surface area contributed by atoms with E-state index < -0.39 is 0 Å². The average Bonchev–Trinajstić information content (AvgIpc) is 2.53. The minimum Gasteiger partial charge on any atom is -0.322 e. The molecule has 2 aromatic carbocycles. The van der Waals surface area contributed by atoms with Gasteiger partial charge < -0.3 is 5.32 Å². The van der Waals surface area contributed by atoms with Crippen molar-refractivity contribution in [3.05, 3.63) is 71.3 Å². The SMILES string of the molecule is CC(=O)c1ccccc1NC(=O)/C=C/c1ccc(C(C)C)cc1. The second-order valence-corrected chi connectivity index (χ2v) is 5.75. The Hall–Kier alpha value is -2.68. The maximum absolute atomic E-state index is 12.0. The van der Waals surface area contributed by atoms with Crippen LogP contribution in [0.25, 0.3) is 6.08 Å². The first-order valence-corrected chi connectivity index (χ1v) is 7.66. The lowest BCUT2D eigenvalue weighted by Gasteiger charge is -2.07. The zero-order chi connectivity index (χ0) is 16.8. The van der Waals surface area contributed by atoms with Crippen molar-refractivity contribution in [3.63, 3.8) is 0 Å². The van der Waals surface area contributed by atoms with Gasteiger partial charge in [0.25, 0.3) is 0 Å². The fourth-order valence-corrected chi connectivity index (χ4v) is 2.24. The summed E-state index contributed by atoms with van der Waals surface area (Å²) in [4.78, 5) is 23.6. The van der Waals surface area contributed by atoms with Gasteiger partial charge in [-0.2, -0.15) is 0 Å². The van der Waals surface area contributed by atoms with Gasteiger partial charge in [0.15, 0.2) is 5.78 Å². The van der Waals surface area contributed by atoms with Crippen molar-refractivity contribution in [3.8, 4) is 0 Å². The van der Waals surface area contributed by atoms with E-state index in [1.165, 1.54) is 18.6 Å². The zero-order valence-electron chi connectivity index (χ0n) is 13.7. The van der Waals surface area contributed by atoms with Crippen molar-refractivity contribution >= 4 is 23.5 Å². The number of ketones is 1. The minimum atomic E-state index is -0.258. The highest BCUT2D eigenvalue weighted by molar-refractivity contribution is 6.07. The zero-order valence-corrected chi connectivity index (χ0v) is 13.7. The van der Waals surface area contributed by atoms with Crippen molar-refractivity contribution in [2.45, 2.75) is 26.7 Å². The number of carbonyl (C=O) groups is 2. The molecule has 0 saturated heterocycles. The van der Waals surface area contributed by atoms with Crippen LogP contribution in [0, 0.1) is 0 Å². The highest BCUT2D eigenvalue weighted by Crippen LogP contribution is 2.17. The van der Waals surface area contributed by atoms with Crippen LogP contribution in [0.1, 0.15) is 48.2 Å². The number of hydrogen-bond donors (Lipinski definition) is 1. The summed E-state index contributed by atoms with van der Waals surface area (Å²) in [5.41, 5.74) is 3.27. The fourth-order valence-electron chi connectivity index (χ4n) is 2.24. The summed E-state index contributed by atoms with van der Waals surface area (Å²) in [5.74, 6) is 0.153. The second-order valence-electron chi connectivity index (χ2n) is 5.75.